The number of amides is 1. The van der Waals surface area contributed by atoms with E-state index in [0.29, 0.717) is 0 Å². The van der Waals surface area contributed by atoms with E-state index in [0.717, 1.165) is 6.07 Å². The fourth-order valence-corrected chi connectivity index (χ4v) is 1.99. The van der Waals surface area contributed by atoms with E-state index in [-0.39, 0.29) is 63.7 Å². The number of nitro groups is 1. The quantitative estimate of drug-likeness (QED) is 0.500. The van der Waals surface area contributed by atoms with Crippen LogP contribution in [0.4, 0.5) is 11.4 Å². The summed E-state index contributed by atoms with van der Waals surface area (Å²) < 4.78 is 0. The minimum absolute atomic E-state index is 0. The molecule has 0 saturated carbocycles. The number of hydrogen-bond donors (Lipinski definition) is 2. The van der Waals surface area contributed by atoms with Crippen molar-refractivity contribution in [2.24, 2.45) is 0 Å². The zero-order valence-corrected chi connectivity index (χ0v) is 14.9. The molecule has 2 rings (SSSR count). The summed E-state index contributed by atoms with van der Waals surface area (Å²) in [6, 6.07) is 7.65. The fraction of sp³-hybridized carbons (Fsp3) is 0. The molecule has 0 saturated heterocycles. The van der Waals surface area contributed by atoms with Crippen molar-refractivity contribution in [2.75, 3.05) is 5.32 Å². The molecule has 1 amide bonds. The van der Waals surface area contributed by atoms with Gasteiger partial charge in [0.25, 0.3) is 11.6 Å². The third kappa shape index (κ3) is 4.34. The van der Waals surface area contributed by atoms with Crippen molar-refractivity contribution >= 4 is 70.0 Å². The molecule has 2 aromatic carbocycles. The molecule has 2 aromatic rings. The number of aromatic hydroxyl groups is 1. The molecule has 2 N–H and O–H groups in total. The number of nitrogens with one attached hydrogen (secondary N) is 1. The van der Waals surface area contributed by atoms with Crippen molar-refractivity contribution in [1.82, 2.24) is 0 Å². The number of carbonyl (C=O) groups is 1. The van der Waals surface area contributed by atoms with E-state index in [1.54, 1.807) is 0 Å². The molecule has 0 spiro atoms. The summed E-state index contributed by atoms with van der Waals surface area (Å²) in [6.07, 6.45) is 0. The Bertz CT molecular complexity index is 746. The maximum atomic E-state index is 12.0. The second-order valence-electron chi connectivity index (χ2n) is 4.04. The van der Waals surface area contributed by atoms with Gasteiger partial charge in [0.15, 0.2) is 0 Å². The van der Waals surface area contributed by atoms with Crippen LogP contribution >= 0.6 is 23.2 Å². The molecule has 0 bridgehead atoms. The summed E-state index contributed by atoms with van der Waals surface area (Å²) in [7, 11) is 0. The zero-order chi connectivity index (χ0) is 15.6. The van der Waals surface area contributed by atoms with Crippen LogP contribution in [-0.2, 0) is 0 Å². The number of rotatable bonds is 3. The zero-order valence-electron chi connectivity index (χ0n) is 11.3. The Labute approximate surface area is 159 Å². The Hall–Kier alpha value is -1.31. The summed E-state index contributed by atoms with van der Waals surface area (Å²) in [4.78, 5) is 22.0. The number of phenols is 1. The van der Waals surface area contributed by atoms with Gasteiger partial charge in [-0.25, -0.2) is 0 Å². The van der Waals surface area contributed by atoms with E-state index < -0.39 is 10.8 Å². The summed E-state index contributed by atoms with van der Waals surface area (Å²) in [6.45, 7) is 0. The molecule has 6 nitrogen and oxygen atoms in total. The molecule has 0 aliphatic carbocycles. The fourth-order valence-electron chi connectivity index (χ4n) is 1.60. The average molecular weight is 352 g/mol. The maximum Gasteiger partial charge on any atom is 0.271 e. The van der Waals surface area contributed by atoms with Gasteiger partial charge >= 0.3 is 0 Å². The van der Waals surface area contributed by atoms with Gasteiger partial charge in [-0.15, -0.1) is 0 Å². The summed E-state index contributed by atoms with van der Waals surface area (Å²) >= 11 is 11.6. The second-order valence-corrected chi connectivity index (χ2v) is 4.88. The second kappa shape index (κ2) is 7.80. The maximum absolute atomic E-state index is 12.0. The number of nitro benzene ring substituents is 1. The molecular formula is C13H10Cl2N2NaO4. The van der Waals surface area contributed by atoms with Crippen LogP contribution in [0.5, 0.6) is 5.75 Å². The number of anilines is 1. The Morgan fingerprint density at radius 1 is 1.23 bits per heavy atom. The Morgan fingerprint density at radius 2 is 1.91 bits per heavy atom. The van der Waals surface area contributed by atoms with Gasteiger partial charge in [0, 0.05) is 48.1 Å². The first-order valence-corrected chi connectivity index (χ1v) is 6.38. The van der Waals surface area contributed by atoms with Crippen molar-refractivity contribution in [3.8, 4) is 5.75 Å². The molecule has 111 valence electrons. The van der Waals surface area contributed by atoms with Crippen LogP contribution in [-0.4, -0.2) is 45.5 Å². The number of hydrogen-bond acceptors (Lipinski definition) is 4. The molecule has 1 radical (unpaired) electrons. The summed E-state index contributed by atoms with van der Waals surface area (Å²) in [5.74, 6) is -0.874. The van der Waals surface area contributed by atoms with Crippen LogP contribution in [0.15, 0.2) is 36.4 Å². The monoisotopic (exact) mass is 351 g/mol. The first kappa shape index (κ1) is 18.7. The number of benzene rings is 2. The van der Waals surface area contributed by atoms with E-state index >= 15 is 0 Å². The van der Waals surface area contributed by atoms with Gasteiger partial charge in [0.1, 0.15) is 5.75 Å². The number of halogens is 2. The Morgan fingerprint density at radius 3 is 2.50 bits per heavy atom. The third-order valence-corrected chi connectivity index (χ3v) is 3.16. The molecule has 0 atom stereocenters. The topological polar surface area (TPSA) is 92.5 Å². The van der Waals surface area contributed by atoms with Crippen LogP contribution in [0.1, 0.15) is 11.8 Å². The molecule has 0 aliphatic heterocycles. The molecule has 0 aromatic heterocycles. The van der Waals surface area contributed by atoms with Crippen molar-refractivity contribution in [3.63, 3.8) is 0 Å². The number of non-ortho nitro benzene ring substituents is 1. The van der Waals surface area contributed by atoms with Crippen molar-refractivity contribution < 1.29 is 16.3 Å². The van der Waals surface area contributed by atoms with Gasteiger partial charge in [-0.3, -0.25) is 14.9 Å². The minimum Gasteiger partial charge on any atom is -0.507 e. The van der Waals surface area contributed by atoms with E-state index in [1.165, 1.54) is 30.3 Å². The van der Waals surface area contributed by atoms with Crippen LogP contribution in [0.2, 0.25) is 10.0 Å². The van der Waals surface area contributed by atoms with Crippen LogP contribution < -0.4 is 5.32 Å². The van der Waals surface area contributed by atoms with Crippen LogP contribution in [0, 0.1) is 10.1 Å². The predicted molar refractivity (Wildman–Crippen MR) is 87.0 cm³/mol. The molecule has 9 heteroatoms. The van der Waals surface area contributed by atoms with Gasteiger partial charge in [-0.05, 0) is 24.3 Å². The summed E-state index contributed by atoms with van der Waals surface area (Å²) in [5.41, 5.74) is -0.0350. The molecule has 0 heterocycles. The predicted octanol–water partition coefficient (Wildman–Crippen LogP) is 3.72. The Balaban J connectivity index is 0.00000242. The van der Waals surface area contributed by atoms with Crippen LogP contribution in [0.25, 0.3) is 0 Å². The third-order valence-electron chi connectivity index (χ3n) is 2.61. The first-order chi connectivity index (χ1) is 9.88. The first-order valence-electron chi connectivity index (χ1n) is 5.62. The number of nitrogens with zero attached hydrogens (tertiary/aromatic N) is 1. The summed E-state index contributed by atoms with van der Waals surface area (Å²) in [5, 5.41) is 23.0. The van der Waals surface area contributed by atoms with Gasteiger partial charge in [0.2, 0.25) is 0 Å². The molecule has 0 aliphatic rings. The molecule has 0 unspecified atom stereocenters. The van der Waals surface area contributed by atoms with Crippen molar-refractivity contribution in [1.29, 1.82) is 0 Å². The van der Waals surface area contributed by atoms with E-state index in [2.05, 4.69) is 5.32 Å². The molecule has 0 fully saturated rings. The number of phenolic OH excluding ortho intramolecular Hbond substituents is 1. The van der Waals surface area contributed by atoms with E-state index in [9.17, 15) is 20.0 Å². The average Bonchev–Trinajstić information content (AvgIpc) is 2.43. The van der Waals surface area contributed by atoms with Gasteiger partial charge in [0.05, 0.1) is 21.2 Å². The SMILES string of the molecule is O=C(Nc1ccc([N+](=O)[O-])cc1Cl)c1cc(Cl)ccc1O.[HH].[Na]. The van der Waals surface area contributed by atoms with Crippen molar-refractivity contribution in [2.45, 2.75) is 0 Å². The van der Waals surface area contributed by atoms with Gasteiger partial charge < -0.3 is 10.4 Å². The molecular weight excluding hydrogens is 342 g/mol. The standard InChI is InChI=1S/C13H8Cl2N2O4.Na.H2/c14-7-1-4-12(18)9(5-7)13(19)16-11-3-2-8(17(20)21)6-10(11)15;;/h1-6,18H,(H,16,19);;1H. The largest absolute Gasteiger partial charge is 0.507 e. The molecule has 22 heavy (non-hydrogen) atoms. The number of carbonyl (C=O) groups excluding carboxylic acids is 1. The van der Waals surface area contributed by atoms with Crippen molar-refractivity contribution in [3.05, 3.63) is 62.1 Å². The van der Waals surface area contributed by atoms with E-state index in [4.69, 9.17) is 23.2 Å². The Kier molecular flexibility index (Phi) is 6.65. The van der Waals surface area contributed by atoms with E-state index in [1.807, 2.05) is 0 Å². The smallest absolute Gasteiger partial charge is 0.271 e. The van der Waals surface area contributed by atoms with Gasteiger partial charge in [-0.1, -0.05) is 23.2 Å². The van der Waals surface area contributed by atoms with Gasteiger partial charge in [-0.2, -0.15) is 0 Å². The minimum atomic E-state index is -0.634. The van der Waals surface area contributed by atoms with Crippen LogP contribution in [0.3, 0.4) is 0 Å². The normalized spacial score (nSPS) is 9.73.